The molecule has 1 amide bonds. The van der Waals surface area contributed by atoms with E-state index in [9.17, 15) is 17.6 Å². The van der Waals surface area contributed by atoms with Crippen molar-refractivity contribution in [1.29, 1.82) is 0 Å². The first-order valence-corrected chi connectivity index (χ1v) is 11.8. The maximum absolute atomic E-state index is 13.9. The maximum Gasteiger partial charge on any atom is 0.263 e. The highest BCUT2D eigenvalue weighted by Gasteiger charge is 2.34. The second-order valence-electron chi connectivity index (χ2n) is 7.43. The molecule has 2 fully saturated rings. The van der Waals surface area contributed by atoms with Crippen LogP contribution in [-0.4, -0.2) is 56.3 Å². The van der Waals surface area contributed by atoms with Gasteiger partial charge in [-0.2, -0.15) is 0 Å². The lowest BCUT2D eigenvalue weighted by atomic mass is 10.1. The number of carbonyl (C=O) groups is 1. The third-order valence-electron chi connectivity index (χ3n) is 5.53. The number of hydrogen-bond donors (Lipinski definition) is 1. The predicted octanol–water partition coefficient (Wildman–Crippen LogP) is 3.85. The summed E-state index contributed by atoms with van der Waals surface area (Å²) in [7, 11) is -4.24. The summed E-state index contributed by atoms with van der Waals surface area (Å²) < 4.78 is 41.8. The van der Waals surface area contributed by atoms with Crippen LogP contribution in [0.1, 0.15) is 23.2 Å². The van der Waals surface area contributed by atoms with Gasteiger partial charge < -0.3 is 4.90 Å². The van der Waals surface area contributed by atoms with Crippen LogP contribution in [0.2, 0.25) is 10.0 Å². The Morgan fingerprint density at radius 2 is 1.87 bits per heavy atom. The maximum atomic E-state index is 13.9. The van der Waals surface area contributed by atoms with E-state index >= 15 is 0 Å². The van der Waals surface area contributed by atoms with Gasteiger partial charge in [0.2, 0.25) is 0 Å². The average molecular weight is 472 g/mol. The third kappa shape index (κ3) is 4.14. The second-order valence-corrected chi connectivity index (χ2v) is 9.90. The first-order chi connectivity index (χ1) is 14.3. The molecule has 0 saturated carbocycles. The standard InChI is InChI=1S/C20H20Cl2FN3O3S/c21-15-11-16(22)19(30(28,29)24-18-6-2-1-5-17(18)23)10-14(15)20(27)26-9-8-25-7-3-4-13(25)12-26/h1-2,5-6,10-11,13,24H,3-4,7-9,12H2/t13-/m1/s1. The van der Waals surface area contributed by atoms with E-state index in [0.717, 1.165) is 38.1 Å². The molecule has 2 aromatic carbocycles. The molecule has 0 radical (unpaired) electrons. The number of rotatable bonds is 4. The highest BCUT2D eigenvalue weighted by atomic mass is 35.5. The van der Waals surface area contributed by atoms with Crippen molar-refractivity contribution in [3.8, 4) is 0 Å². The molecule has 0 unspecified atom stereocenters. The Morgan fingerprint density at radius 3 is 2.63 bits per heavy atom. The van der Waals surface area contributed by atoms with Gasteiger partial charge in [-0.05, 0) is 43.7 Å². The van der Waals surface area contributed by atoms with Gasteiger partial charge in [-0.15, -0.1) is 0 Å². The Balaban J connectivity index is 1.63. The number of nitrogens with one attached hydrogen (secondary N) is 1. The summed E-state index contributed by atoms with van der Waals surface area (Å²) in [4.78, 5) is 16.8. The van der Waals surface area contributed by atoms with Crippen LogP contribution in [0.5, 0.6) is 0 Å². The molecule has 1 N–H and O–H groups in total. The average Bonchev–Trinajstić information content (AvgIpc) is 3.17. The Bertz CT molecular complexity index is 1100. The van der Waals surface area contributed by atoms with Crippen LogP contribution in [0.15, 0.2) is 41.3 Å². The lowest BCUT2D eigenvalue weighted by Gasteiger charge is -2.37. The zero-order chi connectivity index (χ0) is 21.5. The van der Waals surface area contributed by atoms with Crippen molar-refractivity contribution in [1.82, 2.24) is 9.80 Å². The molecule has 2 aromatic rings. The topological polar surface area (TPSA) is 69.7 Å². The van der Waals surface area contributed by atoms with E-state index in [0.29, 0.717) is 19.1 Å². The summed E-state index contributed by atoms with van der Waals surface area (Å²) in [5.41, 5.74) is -0.157. The normalized spacial score (nSPS) is 19.6. The number of sulfonamides is 1. The van der Waals surface area contributed by atoms with Gasteiger partial charge in [-0.25, -0.2) is 12.8 Å². The number of nitrogens with zero attached hydrogens (tertiary/aromatic N) is 2. The van der Waals surface area contributed by atoms with E-state index in [4.69, 9.17) is 23.2 Å². The highest BCUT2D eigenvalue weighted by Crippen LogP contribution is 2.32. The van der Waals surface area contributed by atoms with E-state index in [1.54, 1.807) is 4.90 Å². The lowest BCUT2D eigenvalue weighted by Crippen LogP contribution is -2.52. The number of benzene rings is 2. The number of halogens is 3. The smallest absolute Gasteiger partial charge is 0.263 e. The van der Waals surface area contributed by atoms with Gasteiger partial charge in [0, 0.05) is 25.7 Å². The van der Waals surface area contributed by atoms with E-state index < -0.39 is 15.8 Å². The zero-order valence-corrected chi connectivity index (χ0v) is 18.3. The van der Waals surface area contributed by atoms with Crippen molar-refractivity contribution in [2.45, 2.75) is 23.8 Å². The van der Waals surface area contributed by atoms with Crippen LogP contribution in [-0.2, 0) is 10.0 Å². The number of para-hydroxylation sites is 1. The van der Waals surface area contributed by atoms with Crippen LogP contribution in [0, 0.1) is 5.82 Å². The fourth-order valence-corrected chi connectivity index (χ4v) is 5.91. The van der Waals surface area contributed by atoms with Crippen molar-refractivity contribution >= 4 is 44.8 Å². The van der Waals surface area contributed by atoms with Crippen LogP contribution >= 0.6 is 23.2 Å². The fraction of sp³-hybridized carbons (Fsp3) is 0.350. The third-order valence-corrected chi connectivity index (χ3v) is 7.68. The van der Waals surface area contributed by atoms with Crippen LogP contribution in [0.3, 0.4) is 0 Å². The Kier molecular flexibility index (Phi) is 5.94. The van der Waals surface area contributed by atoms with Crippen molar-refractivity contribution in [3.63, 3.8) is 0 Å². The molecule has 2 saturated heterocycles. The first-order valence-electron chi connectivity index (χ1n) is 9.56. The van der Waals surface area contributed by atoms with Gasteiger partial charge in [0.15, 0.2) is 0 Å². The molecule has 30 heavy (non-hydrogen) atoms. The minimum Gasteiger partial charge on any atom is -0.336 e. The number of amides is 1. The minimum atomic E-state index is -4.24. The fourth-order valence-electron chi connectivity index (χ4n) is 3.99. The first kappa shape index (κ1) is 21.4. The quantitative estimate of drug-likeness (QED) is 0.734. The molecule has 0 aromatic heterocycles. The van der Waals surface area contributed by atoms with Gasteiger partial charge in [-0.3, -0.25) is 14.4 Å². The SMILES string of the molecule is O=C(c1cc(S(=O)(=O)Nc2ccccc2F)c(Cl)cc1Cl)N1CCN2CCC[C@@H]2C1. The molecule has 160 valence electrons. The number of carbonyl (C=O) groups excluding carboxylic acids is 1. The Hall–Kier alpha value is -1.87. The van der Waals surface area contributed by atoms with Crippen molar-refractivity contribution in [3.05, 3.63) is 57.8 Å². The van der Waals surface area contributed by atoms with Gasteiger partial charge in [0.05, 0.1) is 21.3 Å². The van der Waals surface area contributed by atoms with Gasteiger partial charge >= 0.3 is 0 Å². The highest BCUT2D eigenvalue weighted by molar-refractivity contribution is 7.92. The van der Waals surface area contributed by atoms with E-state index in [1.807, 2.05) is 0 Å². The predicted molar refractivity (Wildman–Crippen MR) is 114 cm³/mol. The molecule has 6 nitrogen and oxygen atoms in total. The number of anilines is 1. The molecule has 0 aliphatic carbocycles. The van der Waals surface area contributed by atoms with Gasteiger partial charge in [0.25, 0.3) is 15.9 Å². The summed E-state index contributed by atoms with van der Waals surface area (Å²) in [6.07, 6.45) is 2.14. The summed E-state index contributed by atoms with van der Waals surface area (Å²) >= 11 is 12.4. The van der Waals surface area contributed by atoms with Gasteiger partial charge in [0.1, 0.15) is 10.7 Å². The van der Waals surface area contributed by atoms with Crippen LogP contribution in [0.25, 0.3) is 0 Å². The molecule has 0 bridgehead atoms. The summed E-state index contributed by atoms with van der Waals surface area (Å²) in [5, 5.41) is -0.0790. The van der Waals surface area contributed by atoms with E-state index in [2.05, 4.69) is 9.62 Å². The molecule has 10 heteroatoms. The monoisotopic (exact) mass is 471 g/mol. The largest absolute Gasteiger partial charge is 0.336 e. The number of hydrogen-bond acceptors (Lipinski definition) is 4. The summed E-state index contributed by atoms with van der Waals surface area (Å²) in [5.74, 6) is -1.07. The second kappa shape index (κ2) is 8.34. The lowest BCUT2D eigenvalue weighted by molar-refractivity contribution is 0.0571. The molecule has 0 spiro atoms. The molecular weight excluding hydrogens is 452 g/mol. The Morgan fingerprint density at radius 1 is 1.10 bits per heavy atom. The van der Waals surface area contributed by atoms with Crippen molar-refractivity contribution < 1.29 is 17.6 Å². The summed E-state index contributed by atoms with van der Waals surface area (Å²) in [6.45, 7) is 2.94. The van der Waals surface area contributed by atoms with Crippen LogP contribution < -0.4 is 4.72 Å². The number of fused-ring (bicyclic) bond motifs is 1. The van der Waals surface area contributed by atoms with Gasteiger partial charge in [-0.1, -0.05) is 35.3 Å². The van der Waals surface area contributed by atoms with Crippen molar-refractivity contribution in [2.24, 2.45) is 0 Å². The molecule has 2 aliphatic heterocycles. The van der Waals surface area contributed by atoms with E-state index in [1.165, 1.54) is 24.3 Å². The van der Waals surface area contributed by atoms with Crippen molar-refractivity contribution in [2.75, 3.05) is 30.9 Å². The molecule has 2 heterocycles. The molecule has 2 aliphatic rings. The summed E-state index contributed by atoms with van der Waals surface area (Å²) in [6, 6.07) is 8.10. The zero-order valence-electron chi connectivity index (χ0n) is 15.9. The minimum absolute atomic E-state index is 0.0569. The van der Waals surface area contributed by atoms with E-state index in [-0.39, 0.29) is 32.1 Å². The van der Waals surface area contributed by atoms with Crippen LogP contribution in [0.4, 0.5) is 10.1 Å². The molecule has 1 atom stereocenters. The molecule has 4 rings (SSSR count). The number of piperazine rings is 1. The Labute approximate surface area is 184 Å². The molecular formula is C20H20Cl2FN3O3S.